The molecule has 2 rings (SSSR count). The van der Waals surface area contributed by atoms with E-state index in [2.05, 4.69) is 35.6 Å². The van der Waals surface area contributed by atoms with Crippen molar-refractivity contribution in [3.63, 3.8) is 0 Å². The molecule has 3 N–H and O–H groups in total. The topological polar surface area (TPSA) is 47.3 Å². The van der Waals surface area contributed by atoms with E-state index in [4.69, 9.17) is 10.5 Å². The SMILES string of the molecule is CC(C)Oc1ccc(CCCNCc2ccccc2)cc1N. The van der Waals surface area contributed by atoms with Crippen molar-refractivity contribution in [1.29, 1.82) is 0 Å². The highest BCUT2D eigenvalue weighted by Crippen LogP contribution is 2.24. The van der Waals surface area contributed by atoms with E-state index in [1.165, 1.54) is 11.1 Å². The number of ether oxygens (including phenoxy) is 1. The van der Waals surface area contributed by atoms with Gasteiger partial charge in [0.25, 0.3) is 0 Å². The number of anilines is 1. The predicted octanol–water partition coefficient (Wildman–Crippen LogP) is 3.78. The van der Waals surface area contributed by atoms with E-state index in [0.717, 1.165) is 37.4 Å². The van der Waals surface area contributed by atoms with Gasteiger partial charge in [0, 0.05) is 6.54 Å². The minimum absolute atomic E-state index is 0.148. The van der Waals surface area contributed by atoms with E-state index in [9.17, 15) is 0 Å². The molecule has 0 aromatic heterocycles. The van der Waals surface area contributed by atoms with Crippen molar-refractivity contribution in [2.45, 2.75) is 39.3 Å². The Morgan fingerprint density at radius 2 is 1.82 bits per heavy atom. The van der Waals surface area contributed by atoms with Crippen LogP contribution < -0.4 is 15.8 Å². The van der Waals surface area contributed by atoms with E-state index in [1.807, 2.05) is 32.0 Å². The first kappa shape index (κ1) is 16.4. The molecule has 0 heterocycles. The summed E-state index contributed by atoms with van der Waals surface area (Å²) in [4.78, 5) is 0. The second-order valence-electron chi connectivity index (χ2n) is 5.80. The molecule has 2 aromatic carbocycles. The van der Waals surface area contributed by atoms with Crippen molar-refractivity contribution in [3.8, 4) is 5.75 Å². The molecule has 0 atom stereocenters. The van der Waals surface area contributed by atoms with Crippen molar-refractivity contribution in [1.82, 2.24) is 5.32 Å². The molecule has 22 heavy (non-hydrogen) atoms. The molecule has 0 aliphatic rings. The second kappa shape index (κ2) is 8.44. The third kappa shape index (κ3) is 5.41. The smallest absolute Gasteiger partial charge is 0.142 e. The van der Waals surface area contributed by atoms with Gasteiger partial charge in [-0.1, -0.05) is 36.4 Å². The molecule has 0 unspecified atom stereocenters. The molecule has 0 bridgehead atoms. The molecule has 0 aliphatic heterocycles. The van der Waals surface area contributed by atoms with Gasteiger partial charge in [-0.3, -0.25) is 0 Å². The Hall–Kier alpha value is -2.00. The fourth-order valence-corrected chi connectivity index (χ4v) is 2.36. The zero-order valence-electron chi connectivity index (χ0n) is 13.5. The Labute approximate surface area is 133 Å². The first-order valence-electron chi connectivity index (χ1n) is 7.95. The Bertz CT molecular complexity index is 567. The maximum atomic E-state index is 6.04. The van der Waals surface area contributed by atoms with Gasteiger partial charge in [0.1, 0.15) is 5.75 Å². The third-order valence-electron chi connectivity index (χ3n) is 3.43. The van der Waals surface area contributed by atoms with Crippen LogP contribution in [-0.4, -0.2) is 12.6 Å². The molecule has 0 saturated heterocycles. The maximum absolute atomic E-state index is 6.04. The molecule has 118 valence electrons. The van der Waals surface area contributed by atoms with Crippen LogP contribution in [0.25, 0.3) is 0 Å². The summed E-state index contributed by atoms with van der Waals surface area (Å²) in [5.74, 6) is 0.779. The number of nitrogens with one attached hydrogen (secondary N) is 1. The number of hydrogen-bond donors (Lipinski definition) is 2. The molecule has 0 fully saturated rings. The zero-order chi connectivity index (χ0) is 15.8. The zero-order valence-corrected chi connectivity index (χ0v) is 13.5. The lowest BCUT2D eigenvalue weighted by Crippen LogP contribution is -2.15. The Balaban J connectivity index is 1.72. The molecule has 3 nitrogen and oxygen atoms in total. The Kier molecular flexibility index (Phi) is 6.28. The standard InChI is InChI=1S/C19H26N2O/c1-15(2)22-19-11-10-16(13-18(19)20)9-6-12-21-14-17-7-4-3-5-8-17/h3-5,7-8,10-11,13,15,21H,6,9,12,14,20H2,1-2H3. The predicted molar refractivity (Wildman–Crippen MR) is 93.1 cm³/mol. The van der Waals surface area contributed by atoms with Crippen LogP contribution in [0.3, 0.4) is 0 Å². The van der Waals surface area contributed by atoms with Gasteiger partial charge in [0.2, 0.25) is 0 Å². The van der Waals surface area contributed by atoms with Gasteiger partial charge in [0.05, 0.1) is 11.8 Å². The van der Waals surface area contributed by atoms with Gasteiger partial charge in [-0.15, -0.1) is 0 Å². The lowest BCUT2D eigenvalue weighted by atomic mass is 10.1. The average Bonchev–Trinajstić information content (AvgIpc) is 2.50. The molecule has 0 radical (unpaired) electrons. The second-order valence-corrected chi connectivity index (χ2v) is 5.80. The molecule has 0 spiro atoms. The summed E-state index contributed by atoms with van der Waals surface area (Å²) in [6, 6.07) is 16.6. The van der Waals surface area contributed by atoms with Gasteiger partial charge in [-0.2, -0.15) is 0 Å². The monoisotopic (exact) mass is 298 g/mol. The Morgan fingerprint density at radius 3 is 2.50 bits per heavy atom. The van der Waals surface area contributed by atoms with E-state index < -0.39 is 0 Å². The van der Waals surface area contributed by atoms with Crippen molar-refractivity contribution in [2.24, 2.45) is 0 Å². The minimum atomic E-state index is 0.148. The lowest BCUT2D eigenvalue weighted by Gasteiger charge is -2.13. The van der Waals surface area contributed by atoms with E-state index in [0.29, 0.717) is 0 Å². The number of rotatable bonds is 8. The van der Waals surface area contributed by atoms with Crippen molar-refractivity contribution >= 4 is 5.69 Å². The van der Waals surface area contributed by atoms with Gasteiger partial charge < -0.3 is 15.8 Å². The molecule has 3 heteroatoms. The maximum Gasteiger partial charge on any atom is 0.142 e. The van der Waals surface area contributed by atoms with Gasteiger partial charge >= 0.3 is 0 Å². The van der Waals surface area contributed by atoms with E-state index in [1.54, 1.807) is 0 Å². The van der Waals surface area contributed by atoms with Crippen LogP contribution in [0.5, 0.6) is 5.75 Å². The molecular formula is C19H26N2O. The highest BCUT2D eigenvalue weighted by molar-refractivity contribution is 5.54. The summed E-state index contributed by atoms with van der Waals surface area (Å²) < 4.78 is 5.65. The minimum Gasteiger partial charge on any atom is -0.489 e. The summed E-state index contributed by atoms with van der Waals surface area (Å²) in [6.45, 7) is 5.93. The van der Waals surface area contributed by atoms with Crippen LogP contribution in [0.4, 0.5) is 5.69 Å². The molecule has 0 aliphatic carbocycles. The number of nitrogens with two attached hydrogens (primary N) is 1. The van der Waals surface area contributed by atoms with Gasteiger partial charge in [-0.05, 0) is 56.5 Å². The average molecular weight is 298 g/mol. The first-order valence-corrected chi connectivity index (χ1v) is 7.95. The number of aryl methyl sites for hydroxylation is 1. The summed E-state index contributed by atoms with van der Waals surface area (Å²) in [6.07, 6.45) is 2.26. The summed E-state index contributed by atoms with van der Waals surface area (Å²) in [7, 11) is 0. The normalized spacial score (nSPS) is 10.9. The van der Waals surface area contributed by atoms with Crippen LogP contribution in [0.2, 0.25) is 0 Å². The van der Waals surface area contributed by atoms with Crippen molar-refractivity contribution < 1.29 is 4.74 Å². The third-order valence-corrected chi connectivity index (χ3v) is 3.43. The quantitative estimate of drug-likeness (QED) is 0.576. The van der Waals surface area contributed by atoms with Crippen molar-refractivity contribution in [3.05, 3.63) is 59.7 Å². The number of nitrogen functional groups attached to an aromatic ring is 1. The fourth-order valence-electron chi connectivity index (χ4n) is 2.36. The van der Waals surface area contributed by atoms with Crippen LogP contribution >= 0.6 is 0 Å². The molecule has 0 saturated carbocycles. The summed E-state index contributed by atoms with van der Waals surface area (Å²) in [5.41, 5.74) is 9.34. The number of benzene rings is 2. The highest BCUT2D eigenvalue weighted by Gasteiger charge is 2.04. The molecular weight excluding hydrogens is 272 g/mol. The van der Waals surface area contributed by atoms with E-state index >= 15 is 0 Å². The number of hydrogen-bond acceptors (Lipinski definition) is 3. The summed E-state index contributed by atoms with van der Waals surface area (Å²) in [5, 5.41) is 3.47. The molecule has 2 aromatic rings. The lowest BCUT2D eigenvalue weighted by molar-refractivity contribution is 0.244. The Morgan fingerprint density at radius 1 is 1.05 bits per heavy atom. The fraction of sp³-hybridized carbons (Fsp3) is 0.368. The van der Waals surface area contributed by atoms with Gasteiger partial charge in [-0.25, -0.2) is 0 Å². The highest BCUT2D eigenvalue weighted by atomic mass is 16.5. The molecule has 0 amide bonds. The van der Waals surface area contributed by atoms with Crippen LogP contribution in [0.15, 0.2) is 48.5 Å². The van der Waals surface area contributed by atoms with Gasteiger partial charge in [0.15, 0.2) is 0 Å². The first-order chi connectivity index (χ1) is 10.6. The van der Waals surface area contributed by atoms with Crippen LogP contribution in [0.1, 0.15) is 31.4 Å². The van der Waals surface area contributed by atoms with Crippen LogP contribution in [0, 0.1) is 0 Å². The van der Waals surface area contributed by atoms with E-state index in [-0.39, 0.29) is 6.10 Å². The summed E-state index contributed by atoms with van der Waals surface area (Å²) >= 11 is 0. The van der Waals surface area contributed by atoms with Crippen LogP contribution in [-0.2, 0) is 13.0 Å². The largest absolute Gasteiger partial charge is 0.489 e. The van der Waals surface area contributed by atoms with Crippen molar-refractivity contribution in [2.75, 3.05) is 12.3 Å².